The molecule has 0 saturated carbocycles. The zero-order valence-corrected chi connectivity index (χ0v) is 11.4. The first kappa shape index (κ1) is 15.1. The second-order valence-electron chi connectivity index (χ2n) is 4.57. The zero-order valence-electron chi connectivity index (χ0n) is 11.4. The summed E-state index contributed by atoms with van der Waals surface area (Å²) in [5, 5.41) is 2.80. The average molecular weight is 296 g/mol. The largest absolute Gasteiger partial charge is 0.433 e. The molecule has 3 N–H and O–H groups in total. The van der Waals surface area contributed by atoms with Crippen molar-refractivity contribution in [3.63, 3.8) is 0 Å². The molecule has 7 heteroatoms. The number of nitrogen functional groups attached to an aromatic ring is 1. The molecule has 0 fully saturated rings. The molecule has 0 unspecified atom stereocenters. The lowest BCUT2D eigenvalue weighted by molar-refractivity contribution is -0.141. The highest BCUT2D eigenvalue weighted by molar-refractivity contribution is 5.57. The molecule has 1 aromatic heterocycles. The van der Waals surface area contributed by atoms with E-state index in [1.165, 1.54) is 5.56 Å². The molecular formula is C14H15F3N4. The van der Waals surface area contributed by atoms with Crippen LogP contribution in [0.15, 0.2) is 30.3 Å². The van der Waals surface area contributed by atoms with E-state index < -0.39 is 17.8 Å². The minimum atomic E-state index is -4.56. The number of halogens is 3. The summed E-state index contributed by atoms with van der Waals surface area (Å²) in [6.07, 6.45) is -2.57. The van der Waals surface area contributed by atoms with Crippen molar-refractivity contribution in [2.75, 3.05) is 11.1 Å². The van der Waals surface area contributed by atoms with Crippen molar-refractivity contribution in [3.8, 4) is 0 Å². The smallest absolute Gasteiger partial charge is 0.368 e. The van der Waals surface area contributed by atoms with Gasteiger partial charge in [-0.25, -0.2) is 4.98 Å². The molecule has 4 nitrogen and oxygen atoms in total. The quantitative estimate of drug-likeness (QED) is 0.901. The van der Waals surface area contributed by atoms with Crippen LogP contribution < -0.4 is 11.1 Å². The number of aryl methyl sites for hydroxylation is 1. The van der Waals surface area contributed by atoms with Gasteiger partial charge in [-0.2, -0.15) is 18.2 Å². The number of nitrogens with two attached hydrogens (primary N) is 1. The Bertz CT molecular complexity index is 609. The summed E-state index contributed by atoms with van der Waals surface area (Å²) in [7, 11) is 0. The predicted molar refractivity (Wildman–Crippen MR) is 75.2 cm³/mol. The maximum absolute atomic E-state index is 12.7. The Morgan fingerprint density at radius 1 is 1.14 bits per heavy atom. The molecule has 0 spiro atoms. The molecule has 0 aliphatic rings. The summed E-state index contributed by atoms with van der Waals surface area (Å²) >= 11 is 0. The van der Waals surface area contributed by atoms with E-state index in [1.807, 2.05) is 12.1 Å². The van der Waals surface area contributed by atoms with Crippen LogP contribution >= 0.6 is 0 Å². The third kappa shape index (κ3) is 4.08. The molecule has 0 radical (unpaired) electrons. The number of anilines is 3. The number of nitrogens with one attached hydrogen (secondary N) is 1. The highest BCUT2D eigenvalue weighted by Gasteiger charge is 2.33. The lowest BCUT2D eigenvalue weighted by Gasteiger charge is -2.10. The van der Waals surface area contributed by atoms with Crippen molar-refractivity contribution in [1.29, 1.82) is 0 Å². The van der Waals surface area contributed by atoms with Gasteiger partial charge in [0.05, 0.1) is 0 Å². The topological polar surface area (TPSA) is 63.8 Å². The van der Waals surface area contributed by atoms with Gasteiger partial charge in [0.25, 0.3) is 0 Å². The standard InChI is InChI=1S/C14H15F3N4/c1-2-3-9-4-6-10(7-5-9)19-12-8-11(14(15,16)17)20-13(18)21-12/h4-8H,2-3H2,1H3,(H3,18,19,20,21). The Kier molecular flexibility index (Phi) is 4.30. The van der Waals surface area contributed by atoms with Crippen molar-refractivity contribution in [2.24, 2.45) is 0 Å². The number of benzene rings is 1. The first-order valence-electron chi connectivity index (χ1n) is 6.46. The fourth-order valence-electron chi connectivity index (χ4n) is 1.87. The van der Waals surface area contributed by atoms with E-state index in [2.05, 4.69) is 22.2 Å². The number of alkyl halides is 3. The third-order valence-corrected chi connectivity index (χ3v) is 2.80. The fraction of sp³-hybridized carbons (Fsp3) is 0.286. The molecule has 112 valence electrons. The Morgan fingerprint density at radius 2 is 1.81 bits per heavy atom. The summed E-state index contributed by atoms with van der Waals surface area (Å²) in [5.41, 5.74) is 6.05. The number of hydrogen-bond donors (Lipinski definition) is 2. The van der Waals surface area contributed by atoms with Crippen LogP contribution in [-0.2, 0) is 12.6 Å². The Balaban J connectivity index is 2.21. The molecule has 0 amide bonds. The second kappa shape index (κ2) is 5.99. The maximum Gasteiger partial charge on any atom is 0.433 e. The number of rotatable bonds is 4. The van der Waals surface area contributed by atoms with Gasteiger partial charge in [0.15, 0.2) is 5.69 Å². The first-order chi connectivity index (χ1) is 9.88. The fourth-order valence-corrected chi connectivity index (χ4v) is 1.87. The van der Waals surface area contributed by atoms with Crippen molar-refractivity contribution in [3.05, 3.63) is 41.6 Å². The SMILES string of the molecule is CCCc1ccc(Nc2cc(C(F)(F)F)nc(N)n2)cc1. The van der Waals surface area contributed by atoms with E-state index in [4.69, 9.17) is 5.73 Å². The lowest BCUT2D eigenvalue weighted by Crippen LogP contribution is -2.12. The van der Waals surface area contributed by atoms with Crippen LogP contribution in [0.1, 0.15) is 24.6 Å². The third-order valence-electron chi connectivity index (χ3n) is 2.80. The van der Waals surface area contributed by atoms with Gasteiger partial charge < -0.3 is 11.1 Å². The summed E-state index contributed by atoms with van der Waals surface area (Å²) in [4.78, 5) is 6.94. The zero-order chi connectivity index (χ0) is 15.5. The van der Waals surface area contributed by atoms with Crippen LogP contribution in [0.5, 0.6) is 0 Å². The molecule has 1 aromatic carbocycles. The monoisotopic (exact) mass is 296 g/mol. The Labute approximate surface area is 120 Å². The van der Waals surface area contributed by atoms with Gasteiger partial charge >= 0.3 is 6.18 Å². The van der Waals surface area contributed by atoms with E-state index >= 15 is 0 Å². The van der Waals surface area contributed by atoms with Gasteiger partial charge in [0.1, 0.15) is 5.82 Å². The molecule has 2 rings (SSSR count). The highest BCUT2D eigenvalue weighted by atomic mass is 19.4. The summed E-state index contributed by atoms with van der Waals surface area (Å²) in [6.45, 7) is 2.08. The van der Waals surface area contributed by atoms with Crippen molar-refractivity contribution in [1.82, 2.24) is 9.97 Å². The molecule has 0 atom stereocenters. The molecule has 21 heavy (non-hydrogen) atoms. The van der Waals surface area contributed by atoms with Crippen LogP contribution in [0, 0.1) is 0 Å². The minimum absolute atomic E-state index is 0.0121. The summed E-state index contributed by atoms with van der Waals surface area (Å²) in [5.74, 6) is -0.409. The summed E-state index contributed by atoms with van der Waals surface area (Å²) < 4.78 is 38.0. The number of aromatic nitrogens is 2. The van der Waals surface area contributed by atoms with Gasteiger partial charge in [0.2, 0.25) is 5.95 Å². The van der Waals surface area contributed by atoms with Crippen molar-refractivity contribution in [2.45, 2.75) is 25.9 Å². The maximum atomic E-state index is 12.7. The number of hydrogen-bond acceptors (Lipinski definition) is 4. The Hall–Kier alpha value is -2.31. The predicted octanol–water partition coefficient (Wildman–Crippen LogP) is 3.77. The molecule has 0 aliphatic heterocycles. The number of nitrogens with zero attached hydrogens (tertiary/aromatic N) is 2. The summed E-state index contributed by atoms with van der Waals surface area (Å²) in [6, 6.07) is 8.24. The van der Waals surface area contributed by atoms with Crippen LogP contribution in [0.3, 0.4) is 0 Å². The van der Waals surface area contributed by atoms with E-state index in [-0.39, 0.29) is 5.82 Å². The van der Waals surface area contributed by atoms with Gasteiger partial charge in [0, 0.05) is 11.8 Å². The molecular weight excluding hydrogens is 281 g/mol. The van der Waals surface area contributed by atoms with Gasteiger partial charge in [-0.15, -0.1) is 0 Å². The minimum Gasteiger partial charge on any atom is -0.368 e. The first-order valence-corrected chi connectivity index (χ1v) is 6.46. The van der Waals surface area contributed by atoms with E-state index in [0.29, 0.717) is 5.69 Å². The van der Waals surface area contributed by atoms with Crippen LogP contribution in [-0.4, -0.2) is 9.97 Å². The second-order valence-corrected chi connectivity index (χ2v) is 4.57. The Morgan fingerprint density at radius 3 is 2.38 bits per heavy atom. The normalized spacial score (nSPS) is 11.4. The molecule has 1 heterocycles. The van der Waals surface area contributed by atoms with Gasteiger partial charge in [-0.3, -0.25) is 0 Å². The lowest BCUT2D eigenvalue weighted by atomic mass is 10.1. The van der Waals surface area contributed by atoms with Crippen LogP contribution in [0.25, 0.3) is 0 Å². The highest BCUT2D eigenvalue weighted by Crippen LogP contribution is 2.30. The molecule has 0 bridgehead atoms. The van der Waals surface area contributed by atoms with Crippen LogP contribution in [0.2, 0.25) is 0 Å². The van der Waals surface area contributed by atoms with E-state index in [0.717, 1.165) is 18.9 Å². The molecule has 0 saturated heterocycles. The van der Waals surface area contributed by atoms with E-state index in [9.17, 15) is 13.2 Å². The van der Waals surface area contributed by atoms with Crippen molar-refractivity contribution >= 4 is 17.5 Å². The molecule has 2 aromatic rings. The average Bonchev–Trinajstić information content (AvgIpc) is 2.40. The van der Waals surface area contributed by atoms with E-state index in [1.54, 1.807) is 12.1 Å². The van der Waals surface area contributed by atoms with Gasteiger partial charge in [-0.1, -0.05) is 25.5 Å². The van der Waals surface area contributed by atoms with Crippen molar-refractivity contribution < 1.29 is 13.2 Å². The van der Waals surface area contributed by atoms with Crippen LogP contribution in [0.4, 0.5) is 30.6 Å². The van der Waals surface area contributed by atoms with Gasteiger partial charge in [-0.05, 0) is 24.1 Å². The molecule has 0 aliphatic carbocycles.